The van der Waals surface area contributed by atoms with Crippen molar-refractivity contribution >= 4 is 63.7 Å². The van der Waals surface area contributed by atoms with Crippen LogP contribution in [0.4, 0.5) is 17.1 Å². The van der Waals surface area contributed by atoms with Gasteiger partial charge in [0.2, 0.25) is 11.8 Å². The van der Waals surface area contributed by atoms with E-state index < -0.39 is 22.0 Å². The quantitative estimate of drug-likeness (QED) is 0.0499. The number of rotatable bonds is 12. The molecule has 6 rings (SSSR count). The highest BCUT2D eigenvalue weighted by atomic mass is 32.2. The summed E-state index contributed by atoms with van der Waals surface area (Å²) in [5.41, 5.74) is 3.98. The van der Waals surface area contributed by atoms with Gasteiger partial charge in [-0.3, -0.25) is 24.5 Å². The average Bonchev–Trinajstić information content (AvgIpc) is 3.59. The second-order valence-corrected chi connectivity index (χ2v) is 12.6. The molecule has 12 heteroatoms. The number of para-hydroxylation sites is 2. The fraction of sp³-hybridized carbons (Fsp3) is 0.0769. The second kappa shape index (κ2) is 15.8. The molecular weight excluding hydrogens is 667 g/mol. The number of nitro groups is 1. The van der Waals surface area contributed by atoms with Crippen molar-refractivity contribution in [2.45, 2.75) is 23.5 Å². The molecule has 0 fully saturated rings. The molecule has 254 valence electrons. The zero-order valence-corrected chi connectivity index (χ0v) is 28.1. The number of hydrogen-bond donors (Lipinski definition) is 3. The number of anilines is 2. The molecule has 0 bridgehead atoms. The Balaban J connectivity index is 1.13. The maximum absolute atomic E-state index is 13.5. The van der Waals surface area contributed by atoms with E-state index in [0.717, 1.165) is 16.0 Å². The molecule has 1 heterocycles. The van der Waals surface area contributed by atoms with E-state index in [1.165, 1.54) is 42.1 Å². The first kappa shape index (κ1) is 34.3. The number of carbonyl (C=O) groups is 3. The normalized spacial score (nSPS) is 11.8. The number of aromatic nitrogens is 1. The monoisotopic (exact) mass is 697 g/mol. The number of thioether (sulfide) groups is 1. The lowest BCUT2D eigenvalue weighted by Gasteiger charge is -2.16. The van der Waals surface area contributed by atoms with Crippen molar-refractivity contribution in [1.82, 2.24) is 10.3 Å². The maximum atomic E-state index is 13.5. The topological polar surface area (TPSA) is 156 Å². The van der Waals surface area contributed by atoms with E-state index in [9.17, 15) is 24.5 Å². The first-order valence-electron chi connectivity index (χ1n) is 15.9. The van der Waals surface area contributed by atoms with Gasteiger partial charge in [0.05, 0.1) is 10.2 Å². The summed E-state index contributed by atoms with van der Waals surface area (Å²) in [4.78, 5) is 55.7. The third-order valence-corrected chi connectivity index (χ3v) is 9.03. The molecule has 0 aliphatic rings. The van der Waals surface area contributed by atoms with E-state index in [1.807, 2.05) is 49.4 Å². The van der Waals surface area contributed by atoms with Gasteiger partial charge in [0.1, 0.15) is 11.2 Å². The molecule has 1 unspecified atom stereocenters. The molecule has 1 atom stereocenters. The Morgan fingerprint density at radius 2 is 1.57 bits per heavy atom. The first-order chi connectivity index (χ1) is 24.7. The van der Waals surface area contributed by atoms with Crippen LogP contribution in [0.25, 0.3) is 28.6 Å². The Bertz CT molecular complexity index is 2200. The predicted octanol–water partition coefficient (Wildman–Crippen LogP) is 8.32. The van der Waals surface area contributed by atoms with Gasteiger partial charge in [-0.25, -0.2) is 4.98 Å². The summed E-state index contributed by atoms with van der Waals surface area (Å²) in [6.07, 6.45) is 1.98. The molecule has 3 amide bonds. The number of carbonyl (C=O) groups excluding carboxylic acids is 3. The molecule has 0 spiro atoms. The fourth-order valence-electron chi connectivity index (χ4n) is 5.05. The third kappa shape index (κ3) is 8.74. The maximum Gasteiger partial charge on any atom is 0.272 e. The van der Waals surface area contributed by atoms with Gasteiger partial charge in [-0.1, -0.05) is 43.3 Å². The molecule has 0 aliphatic heterocycles. The van der Waals surface area contributed by atoms with Crippen LogP contribution < -0.4 is 16.0 Å². The van der Waals surface area contributed by atoms with Crippen molar-refractivity contribution in [3.05, 3.63) is 154 Å². The van der Waals surface area contributed by atoms with Crippen LogP contribution in [0.5, 0.6) is 0 Å². The Kier molecular flexibility index (Phi) is 10.6. The SMILES string of the molecule is CCC(Sc1cccc(NC(=O)/C(=C\c2ccc([N+](=O)[O-])cc2)NC(=O)c2ccccc2)c1)C(=O)Nc1ccc(-c2nc3ccccc3o2)cc1. The van der Waals surface area contributed by atoms with Crippen LogP contribution >= 0.6 is 11.8 Å². The van der Waals surface area contributed by atoms with Crippen molar-refractivity contribution in [1.29, 1.82) is 0 Å². The number of nitrogens with one attached hydrogen (secondary N) is 3. The highest BCUT2D eigenvalue weighted by molar-refractivity contribution is 8.00. The number of nitrogens with zero attached hydrogens (tertiary/aromatic N) is 2. The van der Waals surface area contributed by atoms with Crippen LogP contribution in [-0.4, -0.2) is 32.9 Å². The lowest BCUT2D eigenvalue weighted by molar-refractivity contribution is -0.384. The molecule has 3 N–H and O–H groups in total. The van der Waals surface area contributed by atoms with Gasteiger partial charge in [-0.05, 0) is 96.9 Å². The highest BCUT2D eigenvalue weighted by Crippen LogP contribution is 2.30. The van der Waals surface area contributed by atoms with Crippen molar-refractivity contribution in [3.63, 3.8) is 0 Å². The minimum absolute atomic E-state index is 0.0660. The molecular formula is C39H31N5O6S. The van der Waals surface area contributed by atoms with Crippen LogP contribution in [-0.2, 0) is 9.59 Å². The lowest BCUT2D eigenvalue weighted by Crippen LogP contribution is -2.30. The van der Waals surface area contributed by atoms with E-state index in [1.54, 1.807) is 60.7 Å². The third-order valence-electron chi connectivity index (χ3n) is 7.67. The average molecular weight is 698 g/mol. The summed E-state index contributed by atoms with van der Waals surface area (Å²) in [6, 6.07) is 35.9. The van der Waals surface area contributed by atoms with Crippen LogP contribution in [0.3, 0.4) is 0 Å². The number of fused-ring (bicyclic) bond motifs is 1. The minimum Gasteiger partial charge on any atom is -0.436 e. The number of nitro benzene ring substituents is 1. The van der Waals surface area contributed by atoms with Gasteiger partial charge in [-0.15, -0.1) is 11.8 Å². The first-order valence-corrected chi connectivity index (χ1v) is 16.8. The van der Waals surface area contributed by atoms with E-state index in [2.05, 4.69) is 20.9 Å². The van der Waals surface area contributed by atoms with E-state index in [0.29, 0.717) is 40.4 Å². The Hall–Kier alpha value is -6.53. The molecule has 0 radical (unpaired) electrons. The number of oxazole rings is 1. The Labute approximate surface area is 296 Å². The Morgan fingerprint density at radius 3 is 2.27 bits per heavy atom. The van der Waals surface area contributed by atoms with Crippen molar-refractivity contribution in [3.8, 4) is 11.5 Å². The lowest BCUT2D eigenvalue weighted by atomic mass is 10.1. The van der Waals surface area contributed by atoms with Crippen LogP contribution in [0.15, 0.2) is 142 Å². The summed E-state index contributed by atoms with van der Waals surface area (Å²) >= 11 is 1.35. The number of amides is 3. The van der Waals surface area contributed by atoms with Gasteiger partial charge in [0, 0.05) is 39.5 Å². The van der Waals surface area contributed by atoms with E-state index in [4.69, 9.17) is 4.42 Å². The predicted molar refractivity (Wildman–Crippen MR) is 198 cm³/mol. The molecule has 0 aliphatic carbocycles. The number of non-ortho nitro benzene ring substituents is 1. The van der Waals surface area contributed by atoms with Crippen LogP contribution in [0.1, 0.15) is 29.3 Å². The molecule has 11 nitrogen and oxygen atoms in total. The second-order valence-electron chi connectivity index (χ2n) is 11.3. The summed E-state index contributed by atoms with van der Waals surface area (Å²) in [5, 5.41) is 19.1. The summed E-state index contributed by atoms with van der Waals surface area (Å²) < 4.78 is 5.85. The van der Waals surface area contributed by atoms with Crippen molar-refractivity contribution < 1.29 is 23.7 Å². The van der Waals surface area contributed by atoms with E-state index in [-0.39, 0.29) is 17.3 Å². The summed E-state index contributed by atoms with van der Waals surface area (Å²) in [5.74, 6) is -0.786. The zero-order chi connectivity index (χ0) is 35.7. The van der Waals surface area contributed by atoms with Crippen molar-refractivity contribution in [2.24, 2.45) is 0 Å². The molecule has 6 aromatic rings. The van der Waals surface area contributed by atoms with Gasteiger partial charge in [-0.2, -0.15) is 0 Å². The van der Waals surface area contributed by atoms with Gasteiger partial charge in [0.15, 0.2) is 5.58 Å². The van der Waals surface area contributed by atoms with E-state index >= 15 is 0 Å². The molecule has 0 saturated heterocycles. The summed E-state index contributed by atoms with van der Waals surface area (Å²) in [7, 11) is 0. The summed E-state index contributed by atoms with van der Waals surface area (Å²) in [6.45, 7) is 1.92. The molecule has 5 aromatic carbocycles. The number of hydrogen-bond acceptors (Lipinski definition) is 8. The van der Waals surface area contributed by atoms with Gasteiger partial charge in [0.25, 0.3) is 17.5 Å². The smallest absolute Gasteiger partial charge is 0.272 e. The number of benzene rings is 5. The minimum atomic E-state index is -0.606. The fourth-order valence-corrected chi connectivity index (χ4v) is 6.06. The van der Waals surface area contributed by atoms with Gasteiger partial charge >= 0.3 is 0 Å². The highest BCUT2D eigenvalue weighted by Gasteiger charge is 2.20. The van der Waals surface area contributed by atoms with Crippen LogP contribution in [0, 0.1) is 10.1 Å². The largest absolute Gasteiger partial charge is 0.436 e. The Morgan fingerprint density at radius 1 is 0.843 bits per heavy atom. The van der Waals surface area contributed by atoms with Gasteiger partial charge < -0.3 is 20.4 Å². The molecule has 51 heavy (non-hydrogen) atoms. The molecule has 1 aromatic heterocycles. The zero-order valence-electron chi connectivity index (χ0n) is 27.2. The molecule has 0 saturated carbocycles. The van der Waals surface area contributed by atoms with Crippen LogP contribution in [0.2, 0.25) is 0 Å². The van der Waals surface area contributed by atoms with Crippen molar-refractivity contribution in [2.75, 3.05) is 10.6 Å². The standard InChI is InChI=1S/C39H31N5O6S/c1-2-35(38(47)40-28-19-17-27(18-20-28)39-43-32-13-6-7-14-34(32)50-39)51-31-12-8-11-29(24-31)41-37(46)33(42-36(45)26-9-4-3-5-10-26)23-25-15-21-30(22-16-25)44(48)49/h3-24,35H,2H2,1H3,(H,40,47)(H,41,46)(H,42,45)/b33-23+.